The molecule has 0 atom stereocenters. The van der Waals surface area contributed by atoms with Gasteiger partial charge in [-0.25, -0.2) is 4.39 Å². The fourth-order valence-corrected chi connectivity index (χ4v) is 2.97. The van der Waals surface area contributed by atoms with Crippen LogP contribution in [0.15, 0.2) is 36.4 Å². The van der Waals surface area contributed by atoms with Gasteiger partial charge in [0, 0.05) is 43.9 Å². The number of nitrogens with zero attached hydrogens (tertiary/aromatic N) is 3. The number of hydrogen-bond acceptors (Lipinski definition) is 3. The van der Waals surface area contributed by atoms with Crippen molar-refractivity contribution in [3.05, 3.63) is 70.0 Å². The molecule has 154 valence electrons. The number of hydrogen-bond donors (Lipinski definition) is 0. The first-order valence-electron chi connectivity index (χ1n) is 9.73. The molecule has 2 aliphatic rings. The molecule has 0 saturated heterocycles. The summed E-state index contributed by atoms with van der Waals surface area (Å²) in [4.78, 5) is 25.9. The standard InChI is InChI=1S/C10H8N2O.C9H8FNO.2C2H6/c1-12-6-8-4-7(5-11)2-3-9(8)10(12)13;1-11-5-7-6(9(11)12)3-2-4-8(7)10;2*1-2/h2-4H,6H2,1H3;2-4H,5H2,1H3;2*1-2H3. The third kappa shape index (κ3) is 5.20. The molecule has 0 radical (unpaired) electrons. The van der Waals surface area contributed by atoms with Crippen molar-refractivity contribution in [3.63, 3.8) is 0 Å². The summed E-state index contributed by atoms with van der Waals surface area (Å²) in [6, 6.07) is 11.8. The van der Waals surface area contributed by atoms with Gasteiger partial charge in [0.25, 0.3) is 11.8 Å². The first-order chi connectivity index (χ1) is 13.9. The monoisotopic (exact) mass is 397 g/mol. The second-order valence-electron chi connectivity index (χ2n) is 6.07. The van der Waals surface area contributed by atoms with Gasteiger partial charge in [-0.15, -0.1) is 0 Å². The molecule has 2 aromatic carbocycles. The zero-order valence-corrected chi connectivity index (χ0v) is 17.9. The average Bonchev–Trinajstić information content (AvgIpc) is 3.21. The number of rotatable bonds is 0. The number of benzene rings is 2. The van der Waals surface area contributed by atoms with Crippen LogP contribution in [0.25, 0.3) is 0 Å². The van der Waals surface area contributed by atoms with Gasteiger partial charge in [-0.1, -0.05) is 33.8 Å². The van der Waals surface area contributed by atoms with Crippen LogP contribution in [0, 0.1) is 17.1 Å². The Hall–Kier alpha value is -3.20. The molecule has 6 heteroatoms. The fourth-order valence-electron chi connectivity index (χ4n) is 2.97. The summed E-state index contributed by atoms with van der Waals surface area (Å²) >= 11 is 0. The second-order valence-corrected chi connectivity index (χ2v) is 6.07. The van der Waals surface area contributed by atoms with Gasteiger partial charge in [-0.2, -0.15) is 5.26 Å². The zero-order valence-electron chi connectivity index (χ0n) is 17.9. The van der Waals surface area contributed by atoms with Gasteiger partial charge in [0.05, 0.1) is 11.6 Å². The molecule has 0 fully saturated rings. The maximum absolute atomic E-state index is 13.1. The van der Waals surface area contributed by atoms with Gasteiger partial charge in [0.1, 0.15) is 5.82 Å². The smallest absolute Gasteiger partial charge is 0.254 e. The molecule has 0 bridgehead atoms. The van der Waals surface area contributed by atoms with Gasteiger partial charge in [0.15, 0.2) is 0 Å². The van der Waals surface area contributed by atoms with Crippen LogP contribution >= 0.6 is 0 Å². The third-order valence-electron chi connectivity index (χ3n) is 4.31. The number of nitriles is 1. The third-order valence-corrected chi connectivity index (χ3v) is 4.31. The van der Waals surface area contributed by atoms with E-state index in [0.717, 1.165) is 11.1 Å². The average molecular weight is 397 g/mol. The molecule has 0 aromatic heterocycles. The van der Waals surface area contributed by atoms with Crippen molar-refractivity contribution in [2.24, 2.45) is 0 Å². The Labute approximate surface area is 172 Å². The maximum Gasteiger partial charge on any atom is 0.254 e. The molecule has 4 rings (SSSR count). The van der Waals surface area contributed by atoms with Crippen LogP contribution in [0.4, 0.5) is 4.39 Å². The Morgan fingerprint density at radius 1 is 0.897 bits per heavy atom. The Morgan fingerprint density at radius 2 is 1.48 bits per heavy atom. The quantitative estimate of drug-likeness (QED) is 0.652. The molecule has 0 N–H and O–H groups in total. The molecule has 2 heterocycles. The first kappa shape index (κ1) is 23.8. The van der Waals surface area contributed by atoms with Gasteiger partial charge in [-0.05, 0) is 35.9 Å². The van der Waals surface area contributed by atoms with E-state index in [9.17, 15) is 14.0 Å². The number of carbonyl (C=O) groups is 2. The first-order valence-corrected chi connectivity index (χ1v) is 9.73. The van der Waals surface area contributed by atoms with E-state index in [2.05, 4.69) is 6.07 Å². The van der Waals surface area contributed by atoms with Crippen molar-refractivity contribution in [3.8, 4) is 6.07 Å². The number of amides is 2. The van der Waals surface area contributed by atoms with Crippen molar-refractivity contribution < 1.29 is 14.0 Å². The molecule has 2 aliphatic heterocycles. The van der Waals surface area contributed by atoms with Crippen LogP contribution in [0.1, 0.15) is 65.1 Å². The van der Waals surface area contributed by atoms with Crippen molar-refractivity contribution >= 4 is 11.8 Å². The Kier molecular flexibility index (Phi) is 9.01. The van der Waals surface area contributed by atoms with Crippen molar-refractivity contribution in [2.45, 2.75) is 40.8 Å². The highest BCUT2D eigenvalue weighted by molar-refractivity contribution is 5.98. The molecule has 0 saturated carbocycles. The highest BCUT2D eigenvalue weighted by Crippen LogP contribution is 2.23. The minimum absolute atomic E-state index is 0.0412. The second kappa shape index (κ2) is 11.0. The predicted molar refractivity (Wildman–Crippen MR) is 112 cm³/mol. The molecule has 0 unspecified atom stereocenters. The van der Waals surface area contributed by atoms with Gasteiger partial charge >= 0.3 is 0 Å². The van der Waals surface area contributed by atoms with Crippen molar-refractivity contribution in [2.75, 3.05) is 14.1 Å². The number of halogens is 1. The summed E-state index contributed by atoms with van der Waals surface area (Å²) in [5.74, 6) is -0.339. The lowest BCUT2D eigenvalue weighted by molar-refractivity contribution is 0.0809. The number of carbonyl (C=O) groups excluding carboxylic acids is 2. The molecule has 0 spiro atoms. The van der Waals surface area contributed by atoms with Gasteiger partial charge in [0.2, 0.25) is 0 Å². The predicted octanol–water partition coefficient (Wildman–Crippen LogP) is 4.61. The van der Waals surface area contributed by atoms with Gasteiger partial charge in [-0.3, -0.25) is 9.59 Å². The molecular formula is C23H28FN3O2. The summed E-state index contributed by atoms with van der Waals surface area (Å²) in [6.45, 7) is 9.00. The summed E-state index contributed by atoms with van der Waals surface area (Å²) in [5, 5.41) is 8.65. The Bertz CT molecular complexity index is 919. The summed E-state index contributed by atoms with van der Waals surface area (Å²) in [5.41, 5.74) is 3.30. The number of fused-ring (bicyclic) bond motifs is 2. The SMILES string of the molecule is CC.CC.CN1Cc2c(F)cccc2C1=O.CN1Cc2cc(C#N)ccc2C1=O. The van der Waals surface area contributed by atoms with E-state index in [-0.39, 0.29) is 17.6 Å². The maximum atomic E-state index is 13.1. The van der Waals surface area contributed by atoms with E-state index >= 15 is 0 Å². The summed E-state index contributed by atoms with van der Waals surface area (Å²) < 4.78 is 13.1. The van der Waals surface area contributed by atoms with Crippen LogP contribution in [0.3, 0.4) is 0 Å². The fraction of sp³-hybridized carbons (Fsp3) is 0.348. The zero-order chi connectivity index (χ0) is 22.1. The van der Waals surface area contributed by atoms with E-state index in [0.29, 0.717) is 29.8 Å². The Morgan fingerprint density at radius 3 is 2.07 bits per heavy atom. The summed E-state index contributed by atoms with van der Waals surface area (Å²) in [6.07, 6.45) is 0. The topological polar surface area (TPSA) is 64.4 Å². The highest BCUT2D eigenvalue weighted by Gasteiger charge is 2.26. The lowest BCUT2D eigenvalue weighted by atomic mass is 10.1. The van der Waals surface area contributed by atoms with E-state index in [1.54, 1.807) is 49.3 Å². The molecular weight excluding hydrogens is 369 g/mol. The lowest BCUT2D eigenvalue weighted by Crippen LogP contribution is -2.17. The van der Waals surface area contributed by atoms with E-state index in [4.69, 9.17) is 5.26 Å². The largest absolute Gasteiger partial charge is 0.337 e. The minimum atomic E-state index is -0.287. The highest BCUT2D eigenvalue weighted by atomic mass is 19.1. The molecule has 0 aliphatic carbocycles. The van der Waals surface area contributed by atoms with Crippen LogP contribution in [0.2, 0.25) is 0 Å². The molecule has 5 nitrogen and oxygen atoms in total. The van der Waals surface area contributed by atoms with Crippen molar-refractivity contribution in [1.29, 1.82) is 5.26 Å². The van der Waals surface area contributed by atoms with E-state index in [1.807, 2.05) is 27.7 Å². The van der Waals surface area contributed by atoms with Crippen LogP contribution in [-0.4, -0.2) is 35.7 Å². The van der Waals surface area contributed by atoms with E-state index < -0.39 is 0 Å². The van der Waals surface area contributed by atoms with Crippen LogP contribution < -0.4 is 0 Å². The normalized spacial score (nSPS) is 13.0. The minimum Gasteiger partial charge on any atom is -0.337 e. The molecule has 2 aromatic rings. The lowest BCUT2D eigenvalue weighted by Gasteiger charge is -2.04. The Balaban J connectivity index is 0.000000248. The summed E-state index contributed by atoms with van der Waals surface area (Å²) in [7, 11) is 3.43. The van der Waals surface area contributed by atoms with Crippen LogP contribution in [-0.2, 0) is 13.1 Å². The van der Waals surface area contributed by atoms with Crippen molar-refractivity contribution in [1.82, 2.24) is 9.80 Å². The van der Waals surface area contributed by atoms with E-state index in [1.165, 1.54) is 11.0 Å². The van der Waals surface area contributed by atoms with Gasteiger partial charge < -0.3 is 9.80 Å². The molecule has 2 amide bonds. The van der Waals surface area contributed by atoms with Crippen LogP contribution in [0.5, 0.6) is 0 Å². The molecule has 29 heavy (non-hydrogen) atoms.